The van der Waals surface area contributed by atoms with Crippen LogP contribution in [0.15, 0.2) is 24.3 Å². The van der Waals surface area contributed by atoms with Gasteiger partial charge in [-0.2, -0.15) is 0 Å². The molecule has 2 amide bonds. The summed E-state index contributed by atoms with van der Waals surface area (Å²) in [4.78, 5) is 27.9. The van der Waals surface area contributed by atoms with Crippen molar-refractivity contribution in [3.05, 3.63) is 29.8 Å². The lowest BCUT2D eigenvalue weighted by molar-refractivity contribution is -0.146. The van der Waals surface area contributed by atoms with Gasteiger partial charge in [0.05, 0.1) is 0 Å². The van der Waals surface area contributed by atoms with E-state index < -0.39 is 11.8 Å². The number of aliphatic hydroxyl groups excluding tert-OH is 1. The Morgan fingerprint density at radius 3 is 2.54 bits per heavy atom. The average molecular weight is 333 g/mol. The van der Waals surface area contributed by atoms with E-state index >= 15 is 0 Å². The Morgan fingerprint density at radius 2 is 1.88 bits per heavy atom. The summed E-state index contributed by atoms with van der Waals surface area (Å²) in [5.74, 6) is -0.968. The highest BCUT2D eigenvalue weighted by Crippen LogP contribution is 2.17. The Bertz CT molecular complexity index is 554. The molecule has 0 atom stereocenters. The van der Waals surface area contributed by atoms with Crippen molar-refractivity contribution in [1.82, 2.24) is 10.2 Å². The average Bonchev–Trinajstić information content (AvgIpc) is 2.61. The van der Waals surface area contributed by atoms with Crippen LogP contribution in [0.3, 0.4) is 0 Å². The molecule has 1 saturated heterocycles. The molecule has 2 rings (SSSR count). The lowest BCUT2D eigenvalue weighted by Gasteiger charge is -2.35. The van der Waals surface area contributed by atoms with Crippen LogP contribution < -0.4 is 10.2 Å². The first-order chi connectivity index (χ1) is 11.6. The number of unbranched alkanes of at least 4 members (excludes halogenated alkanes) is 2. The third-order valence-corrected chi connectivity index (χ3v) is 4.25. The number of nitrogens with one attached hydrogen (secondary N) is 1. The van der Waals surface area contributed by atoms with Gasteiger partial charge in [0, 0.05) is 45.0 Å². The number of carbonyl (C=O) groups excluding carboxylic acids is 2. The Balaban J connectivity index is 1.75. The van der Waals surface area contributed by atoms with Crippen molar-refractivity contribution in [1.29, 1.82) is 0 Å². The van der Waals surface area contributed by atoms with Gasteiger partial charge in [-0.3, -0.25) is 9.59 Å². The minimum atomic E-state index is -0.525. The quantitative estimate of drug-likeness (QED) is 0.600. The van der Waals surface area contributed by atoms with Crippen molar-refractivity contribution in [2.45, 2.75) is 26.2 Å². The second-order valence-corrected chi connectivity index (χ2v) is 6.16. The number of aliphatic hydroxyl groups is 1. The molecule has 2 N–H and O–H groups in total. The summed E-state index contributed by atoms with van der Waals surface area (Å²) in [7, 11) is 0. The fourth-order valence-corrected chi connectivity index (χ4v) is 2.83. The number of hydrogen-bond donors (Lipinski definition) is 2. The molecule has 24 heavy (non-hydrogen) atoms. The summed E-state index contributed by atoms with van der Waals surface area (Å²) < 4.78 is 0. The van der Waals surface area contributed by atoms with E-state index in [2.05, 4.69) is 35.3 Å². The van der Waals surface area contributed by atoms with Gasteiger partial charge in [-0.1, -0.05) is 12.1 Å². The maximum absolute atomic E-state index is 12.2. The number of anilines is 1. The first kappa shape index (κ1) is 18.3. The van der Waals surface area contributed by atoms with Gasteiger partial charge in [0.25, 0.3) is 0 Å². The number of piperazine rings is 1. The first-order valence-corrected chi connectivity index (χ1v) is 8.61. The maximum Gasteiger partial charge on any atom is 0.312 e. The minimum absolute atomic E-state index is 0.165. The molecule has 1 aliphatic rings. The summed E-state index contributed by atoms with van der Waals surface area (Å²) in [6.07, 6.45) is 2.35. The third-order valence-electron chi connectivity index (χ3n) is 4.25. The number of aryl methyl sites for hydroxylation is 1. The van der Waals surface area contributed by atoms with Gasteiger partial charge in [-0.25, -0.2) is 0 Å². The van der Waals surface area contributed by atoms with Gasteiger partial charge >= 0.3 is 11.8 Å². The van der Waals surface area contributed by atoms with E-state index in [1.165, 1.54) is 5.56 Å². The highest BCUT2D eigenvalue weighted by Gasteiger charge is 2.25. The number of amides is 2. The summed E-state index contributed by atoms with van der Waals surface area (Å²) in [6.45, 7) is 5.30. The van der Waals surface area contributed by atoms with E-state index in [1.54, 1.807) is 4.90 Å². The monoisotopic (exact) mass is 333 g/mol. The second kappa shape index (κ2) is 9.27. The Morgan fingerprint density at radius 1 is 1.12 bits per heavy atom. The molecule has 0 spiro atoms. The van der Waals surface area contributed by atoms with Crippen LogP contribution in [-0.4, -0.2) is 61.2 Å². The molecule has 1 heterocycles. The largest absolute Gasteiger partial charge is 0.396 e. The Kier molecular flexibility index (Phi) is 7.06. The van der Waals surface area contributed by atoms with Gasteiger partial charge in [-0.15, -0.1) is 0 Å². The Hall–Kier alpha value is -2.08. The fraction of sp³-hybridized carbons (Fsp3) is 0.556. The topological polar surface area (TPSA) is 72.9 Å². The van der Waals surface area contributed by atoms with Crippen LogP contribution in [0.1, 0.15) is 24.8 Å². The lowest BCUT2D eigenvalue weighted by Crippen LogP contribution is -2.52. The van der Waals surface area contributed by atoms with E-state index in [0.29, 0.717) is 19.6 Å². The third kappa shape index (κ3) is 5.23. The van der Waals surface area contributed by atoms with Crippen molar-refractivity contribution < 1.29 is 14.7 Å². The number of benzene rings is 1. The van der Waals surface area contributed by atoms with Crippen molar-refractivity contribution in [2.24, 2.45) is 0 Å². The molecular formula is C18H27N3O3. The molecule has 1 aromatic rings. The summed E-state index contributed by atoms with van der Waals surface area (Å²) in [5.41, 5.74) is 2.38. The van der Waals surface area contributed by atoms with Crippen molar-refractivity contribution in [3.63, 3.8) is 0 Å². The van der Waals surface area contributed by atoms with Crippen LogP contribution in [-0.2, 0) is 9.59 Å². The van der Waals surface area contributed by atoms with E-state index in [1.807, 2.05) is 6.07 Å². The van der Waals surface area contributed by atoms with Crippen molar-refractivity contribution >= 4 is 17.5 Å². The summed E-state index contributed by atoms with van der Waals surface area (Å²) in [6, 6.07) is 8.31. The number of carbonyl (C=O) groups is 2. The van der Waals surface area contributed by atoms with Gasteiger partial charge in [-0.05, 0) is 43.9 Å². The van der Waals surface area contributed by atoms with E-state index in [4.69, 9.17) is 5.11 Å². The van der Waals surface area contributed by atoms with Crippen LogP contribution in [0.25, 0.3) is 0 Å². The van der Waals surface area contributed by atoms with Crippen LogP contribution in [0.5, 0.6) is 0 Å². The van der Waals surface area contributed by atoms with E-state index in [9.17, 15) is 9.59 Å². The van der Waals surface area contributed by atoms with Crippen molar-refractivity contribution in [3.8, 4) is 0 Å². The second-order valence-electron chi connectivity index (χ2n) is 6.16. The molecule has 1 fully saturated rings. The van der Waals surface area contributed by atoms with Crippen LogP contribution in [0.4, 0.5) is 5.69 Å². The van der Waals surface area contributed by atoms with E-state index in [-0.39, 0.29) is 6.61 Å². The SMILES string of the molecule is Cc1cccc(N2CCN(C(=O)C(=O)NCCCCCO)CC2)c1. The van der Waals surface area contributed by atoms with Gasteiger partial charge in [0.1, 0.15) is 0 Å². The zero-order valence-electron chi connectivity index (χ0n) is 14.3. The van der Waals surface area contributed by atoms with E-state index in [0.717, 1.165) is 38.0 Å². The number of rotatable bonds is 6. The zero-order chi connectivity index (χ0) is 17.4. The molecule has 0 aliphatic carbocycles. The summed E-state index contributed by atoms with van der Waals surface area (Å²) in [5, 5.41) is 11.4. The van der Waals surface area contributed by atoms with Gasteiger partial charge in [0.2, 0.25) is 0 Å². The molecule has 0 radical (unpaired) electrons. The number of hydrogen-bond acceptors (Lipinski definition) is 4. The predicted octanol–water partition coefficient (Wildman–Crippen LogP) is 0.922. The first-order valence-electron chi connectivity index (χ1n) is 8.61. The fourth-order valence-electron chi connectivity index (χ4n) is 2.83. The van der Waals surface area contributed by atoms with Crippen molar-refractivity contribution in [2.75, 3.05) is 44.2 Å². The predicted molar refractivity (Wildman–Crippen MR) is 93.9 cm³/mol. The zero-order valence-corrected chi connectivity index (χ0v) is 14.3. The maximum atomic E-state index is 12.2. The minimum Gasteiger partial charge on any atom is -0.396 e. The lowest BCUT2D eigenvalue weighted by atomic mass is 10.2. The highest BCUT2D eigenvalue weighted by molar-refractivity contribution is 6.35. The van der Waals surface area contributed by atoms with Gasteiger partial charge in [0.15, 0.2) is 0 Å². The molecule has 6 nitrogen and oxygen atoms in total. The highest BCUT2D eigenvalue weighted by atomic mass is 16.3. The normalized spacial score (nSPS) is 14.6. The molecule has 132 valence electrons. The molecule has 0 unspecified atom stereocenters. The molecular weight excluding hydrogens is 306 g/mol. The van der Waals surface area contributed by atoms with Crippen LogP contribution >= 0.6 is 0 Å². The van der Waals surface area contributed by atoms with Gasteiger partial charge < -0.3 is 20.2 Å². The van der Waals surface area contributed by atoms with Crippen LogP contribution in [0.2, 0.25) is 0 Å². The number of nitrogens with zero attached hydrogens (tertiary/aromatic N) is 2. The molecule has 6 heteroatoms. The molecule has 0 saturated carbocycles. The smallest absolute Gasteiger partial charge is 0.312 e. The molecule has 1 aliphatic heterocycles. The standard InChI is InChI=1S/C18H27N3O3/c1-15-6-5-7-16(14-15)20-9-11-21(12-10-20)18(24)17(23)19-8-3-2-4-13-22/h5-7,14,22H,2-4,8-13H2,1H3,(H,19,23). The molecule has 1 aromatic carbocycles. The molecule has 0 bridgehead atoms. The molecule has 0 aromatic heterocycles. The summed E-state index contributed by atoms with van der Waals surface area (Å²) >= 11 is 0. The van der Waals surface area contributed by atoms with Crippen LogP contribution in [0, 0.1) is 6.92 Å². The Labute approximate surface area is 143 Å².